The SMILES string of the molecule is CCOC(=O)CN(C)Cc1ccc(OC)c(OCC(O)CN(CC)CC)c1. The Balaban J connectivity index is 2.68. The number of aliphatic hydroxyl groups is 1. The van der Waals surface area contributed by atoms with Crippen molar-refractivity contribution in [3.63, 3.8) is 0 Å². The van der Waals surface area contributed by atoms with Crippen LogP contribution < -0.4 is 9.47 Å². The monoisotopic (exact) mass is 382 g/mol. The summed E-state index contributed by atoms with van der Waals surface area (Å²) < 4.78 is 16.1. The number of hydrogen-bond donors (Lipinski definition) is 1. The third-order valence-corrected chi connectivity index (χ3v) is 4.18. The molecule has 0 fully saturated rings. The third kappa shape index (κ3) is 8.60. The minimum Gasteiger partial charge on any atom is -0.493 e. The number of ether oxygens (including phenoxy) is 3. The number of rotatable bonds is 13. The molecule has 0 aromatic heterocycles. The van der Waals surface area contributed by atoms with Gasteiger partial charge in [0, 0.05) is 13.1 Å². The van der Waals surface area contributed by atoms with Crippen molar-refractivity contribution in [2.45, 2.75) is 33.4 Å². The van der Waals surface area contributed by atoms with Crippen LogP contribution in [0.5, 0.6) is 11.5 Å². The standard InChI is InChI=1S/C20H34N2O5/c1-6-22(7-2)13-17(23)15-27-19-11-16(9-10-18(19)25-5)12-21(4)14-20(24)26-8-3/h9-11,17,23H,6-8,12-15H2,1-5H3. The summed E-state index contributed by atoms with van der Waals surface area (Å²) in [5.74, 6) is 0.949. The molecule has 1 atom stereocenters. The van der Waals surface area contributed by atoms with Crippen LogP contribution in [0.25, 0.3) is 0 Å². The van der Waals surface area contributed by atoms with Crippen molar-refractivity contribution in [3.8, 4) is 11.5 Å². The van der Waals surface area contributed by atoms with Crippen molar-refractivity contribution in [2.24, 2.45) is 0 Å². The summed E-state index contributed by atoms with van der Waals surface area (Å²) in [5, 5.41) is 10.2. The van der Waals surface area contributed by atoms with E-state index in [4.69, 9.17) is 14.2 Å². The lowest BCUT2D eigenvalue weighted by Crippen LogP contribution is -2.35. The highest BCUT2D eigenvalue weighted by atomic mass is 16.5. The number of aliphatic hydroxyl groups excluding tert-OH is 1. The molecule has 0 saturated heterocycles. The second kappa shape index (κ2) is 12.5. The Morgan fingerprint density at radius 1 is 1.19 bits per heavy atom. The Morgan fingerprint density at radius 3 is 2.48 bits per heavy atom. The van der Waals surface area contributed by atoms with Gasteiger partial charge in [-0.15, -0.1) is 0 Å². The third-order valence-electron chi connectivity index (χ3n) is 4.18. The van der Waals surface area contributed by atoms with Crippen molar-refractivity contribution in [2.75, 3.05) is 53.6 Å². The molecule has 27 heavy (non-hydrogen) atoms. The molecule has 1 N–H and O–H groups in total. The van der Waals surface area contributed by atoms with Gasteiger partial charge in [-0.3, -0.25) is 9.69 Å². The molecule has 7 nitrogen and oxygen atoms in total. The smallest absolute Gasteiger partial charge is 0.320 e. The predicted octanol–water partition coefficient (Wildman–Crippen LogP) is 1.77. The zero-order valence-electron chi connectivity index (χ0n) is 17.2. The first-order chi connectivity index (χ1) is 12.9. The number of hydrogen-bond acceptors (Lipinski definition) is 7. The molecule has 0 heterocycles. The number of nitrogens with zero attached hydrogens (tertiary/aromatic N) is 2. The molecule has 0 aliphatic carbocycles. The fraction of sp³-hybridized carbons (Fsp3) is 0.650. The van der Waals surface area contributed by atoms with Gasteiger partial charge >= 0.3 is 5.97 Å². The first-order valence-corrected chi connectivity index (χ1v) is 9.47. The van der Waals surface area contributed by atoms with Gasteiger partial charge in [-0.25, -0.2) is 0 Å². The highest BCUT2D eigenvalue weighted by Gasteiger charge is 2.14. The van der Waals surface area contributed by atoms with E-state index < -0.39 is 6.10 Å². The zero-order chi connectivity index (χ0) is 20.2. The molecule has 1 aromatic carbocycles. The van der Waals surface area contributed by atoms with Crippen molar-refractivity contribution < 1.29 is 24.1 Å². The zero-order valence-corrected chi connectivity index (χ0v) is 17.2. The molecule has 0 radical (unpaired) electrons. The molecular weight excluding hydrogens is 348 g/mol. The first-order valence-electron chi connectivity index (χ1n) is 9.47. The average molecular weight is 383 g/mol. The summed E-state index contributed by atoms with van der Waals surface area (Å²) in [7, 11) is 3.44. The van der Waals surface area contributed by atoms with E-state index in [0.717, 1.165) is 18.7 Å². The van der Waals surface area contributed by atoms with Crippen LogP contribution in [0.3, 0.4) is 0 Å². The topological polar surface area (TPSA) is 71.5 Å². The van der Waals surface area contributed by atoms with Gasteiger partial charge in [-0.05, 0) is 44.8 Å². The normalized spacial score (nSPS) is 12.3. The predicted molar refractivity (Wildman–Crippen MR) is 105 cm³/mol. The van der Waals surface area contributed by atoms with Gasteiger partial charge in [0.05, 0.1) is 20.3 Å². The van der Waals surface area contributed by atoms with E-state index in [1.54, 1.807) is 14.0 Å². The molecule has 154 valence electrons. The second-order valence-electron chi connectivity index (χ2n) is 6.41. The molecule has 1 aromatic rings. The number of esters is 1. The summed E-state index contributed by atoms with van der Waals surface area (Å²) in [6, 6.07) is 5.64. The van der Waals surface area contributed by atoms with Gasteiger partial charge < -0.3 is 24.2 Å². The molecule has 0 bridgehead atoms. The summed E-state index contributed by atoms with van der Waals surface area (Å²) in [6.45, 7) is 9.62. The Labute approximate surface area is 162 Å². The number of methoxy groups -OCH3 is 1. The minimum atomic E-state index is -0.579. The Morgan fingerprint density at radius 2 is 1.89 bits per heavy atom. The second-order valence-corrected chi connectivity index (χ2v) is 6.41. The largest absolute Gasteiger partial charge is 0.493 e. The van der Waals surface area contributed by atoms with Crippen LogP contribution in [0.2, 0.25) is 0 Å². The molecule has 0 spiro atoms. The Bertz CT molecular complexity index is 563. The van der Waals surface area contributed by atoms with Crippen LogP contribution >= 0.6 is 0 Å². The van der Waals surface area contributed by atoms with Gasteiger partial charge in [-0.2, -0.15) is 0 Å². The van der Waals surface area contributed by atoms with Crippen LogP contribution in [-0.2, 0) is 16.1 Å². The molecule has 1 unspecified atom stereocenters. The van der Waals surface area contributed by atoms with Crippen LogP contribution in [0, 0.1) is 0 Å². The highest BCUT2D eigenvalue weighted by molar-refractivity contribution is 5.71. The van der Waals surface area contributed by atoms with Crippen LogP contribution in [0.1, 0.15) is 26.3 Å². The van der Waals surface area contributed by atoms with Crippen molar-refractivity contribution in [1.29, 1.82) is 0 Å². The summed E-state index contributed by atoms with van der Waals surface area (Å²) in [5.41, 5.74) is 0.982. The van der Waals surface area contributed by atoms with E-state index in [1.807, 2.05) is 30.1 Å². The lowest BCUT2D eigenvalue weighted by atomic mass is 10.2. The maximum Gasteiger partial charge on any atom is 0.320 e. The maximum absolute atomic E-state index is 11.6. The van der Waals surface area contributed by atoms with Crippen LogP contribution in [0.4, 0.5) is 0 Å². The minimum absolute atomic E-state index is 0.189. The number of benzene rings is 1. The fourth-order valence-electron chi connectivity index (χ4n) is 2.75. The van der Waals surface area contributed by atoms with E-state index in [1.165, 1.54) is 0 Å². The molecule has 1 rings (SSSR count). The number of carbonyl (C=O) groups is 1. The molecule has 7 heteroatoms. The van der Waals surface area contributed by atoms with Gasteiger partial charge in [0.25, 0.3) is 0 Å². The Kier molecular flexibility index (Phi) is 10.8. The first kappa shape index (κ1) is 23.2. The summed E-state index contributed by atoms with van der Waals surface area (Å²) in [4.78, 5) is 15.6. The van der Waals surface area contributed by atoms with Gasteiger partial charge in [0.2, 0.25) is 0 Å². The quantitative estimate of drug-likeness (QED) is 0.521. The van der Waals surface area contributed by atoms with E-state index in [0.29, 0.717) is 31.2 Å². The summed E-state index contributed by atoms with van der Waals surface area (Å²) in [6.07, 6.45) is -0.579. The molecular formula is C20H34N2O5. The Hall–Kier alpha value is -1.83. The lowest BCUT2D eigenvalue weighted by Gasteiger charge is -2.22. The van der Waals surface area contributed by atoms with Crippen molar-refractivity contribution >= 4 is 5.97 Å². The van der Waals surface area contributed by atoms with E-state index >= 15 is 0 Å². The van der Waals surface area contributed by atoms with E-state index in [-0.39, 0.29) is 19.1 Å². The molecule has 0 aliphatic rings. The molecule has 0 amide bonds. The van der Waals surface area contributed by atoms with E-state index in [9.17, 15) is 9.90 Å². The fourth-order valence-corrected chi connectivity index (χ4v) is 2.75. The average Bonchev–Trinajstić information content (AvgIpc) is 2.64. The van der Waals surface area contributed by atoms with Crippen LogP contribution in [-0.4, -0.2) is 80.5 Å². The van der Waals surface area contributed by atoms with Crippen LogP contribution in [0.15, 0.2) is 18.2 Å². The van der Waals surface area contributed by atoms with E-state index in [2.05, 4.69) is 18.7 Å². The highest BCUT2D eigenvalue weighted by Crippen LogP contribution is 2.28. The van der Waals surface area contributed by atoms with Gasteiger partial charge in [0.1, 0.15) is 12.7 Å². The number of carbonyl (C=O) groups excluding carboxylic acids is 1. The summed E-state index contributed by atoms with van der Waals surface area (Å²) >= 11 is 0. The molecule has 0 saturated carbocycles. The van der Waals surface area contributed by atoms with Crippen molar-refractivity contribution in [1.82, 2.24) is 9.80 Å². The lowest BCUT2D eigenvalue weighted by molar-refractivity contribution is -0.144. The maximum atomic E-state index is 11.6. The molecule has 0 aliphatic heterocycles. The van der Waals surface area contributed by atoms with Gasteiger partial charge in [0.15, 0.2) is 11.5 Å². The number of likely N-dealkylation sites (N-methyl/N-ethyl adjacent to an activating group) is 2. The van der Waals surface area contributed by atoms with Gasteiger partial charge in [-0.1, -0.05) is 19.9 Å². The van der Waals surface area contributed by atoms with Crippen molar-refractivity contribution in [3.05, 3.63) is 23.8 Å².